The largest absolute Gasteiger partial charge is 0.483 e. The number of carbonyl (C=O) groups excluding carboxylic acids is 2. The molecule has 6 heteroatoms. The van der Waals surface area contributed by atoms with Crippen molar-refractivity contribution in [3.05, 3.63) is 100 Å². The second kappa shape index (κ2) is 13.1. The minimum atomic E-state index is -0.708. The number of halogens is 1. The third-order valence-corrected chi connectivity index (χ3v) is 6.13. The van der Waals surface area contributed by atoms with E-state index in [1.807, 2.05) is 94.4 Å². The molecule has 0 heterocycles. The summed E-state index contributed by atoms with van der Waals surface area (Å²) in [5.41, 5.74) is 3.82. The molecule has 190 valence electrons. The number of benzene rings is 3. The molecule has 0 saturated heterocycles. The topological polar surface area (TPSA) is 58.6 Å². The predicted molar refractivity (Wildman–Crippen MR) is 145 cm³/mol. The number of nitrogens with one attached hydrogen (secondary N) is 1. The van der Waals surface area contributed by atoms with Gasteiger partial charge in [0.05, 0.1) is 0 Å². The Morgan fingerprint density at radius 2 is 1.67 bits per heavy atom. The van der Waals surface area contributed by atoms with E-state index in [0.29, 0.717) is 23.7 Å². The van der Waals surface area contributed by atoms with Crippen molar-refractivity contribution in [1.82, 2.24) is 10.2 Å². The lowest BCUT2D eigenvalue weighted by Crippen LogP contribution is -2.52. The number of hydrogen-bond donors (Lipinski definition) is 1. The van der Waals surface area contributed by atoms with Gasteiger partial charge in [-0.15, -0.1) is 0 Å². The zero-order chi connectivity index (χ0) is 26.1. The van der Waals surface area contributed by atoms with Crippen molar-refractivity contribution in [2.24, 2.45) is 5.92 Å². The molecule has 5 nitrogen and oxygen atoms in total. The molecule has 0 aliphatic heterocycles. The third kappa shape index (κ3) is 8.13. The Labute approximate surface area is 219 Å². The highest BCUT2D eigenvalue weighted by Crippen LogP contribution is 2.21. The van der Waals surface area contributed by atoms with Crippen molar-refractivity contribution in [1.29, 1.82) is 0 Å². The molecule has 0 unspecified atom stereocenters. The summed E-state index contributed by atoms with van der Waals surface area (Å²) in [5.74, 6) is 0.497. The summed E-state index contributed by atoms with van der Waals surface area (Å²) < 4.78 is 5.95. The van der Waals surface area contributed by atoms with Crippen LogP contribution in [0.25, 0.3) is 0 Å². The van der Waals surface area contributed by atoms with Crippen molar-refractivity contribution in [2.75, 3.05) is 13.2 Å². The smallest absolute Gasteiger partial charge is 0.261 e. The summed E-state index contributed by atoms with van der Waals surface area (Å²) in [7, 11) is 0. The molecule has 3 rings (SSSR count). The first-order valence-electron chi connectivity index (χ1n) is 12.3. The highest BCUT2D eigenvalue weighted by molar-refractivity contribution is 6.30. The average molecular weight is 507 g/mol. The van der Waals surface area contributed by atoms with Crippen LogP contribution in [0, 0.1) is 19.8 Å². The van der Waals surface area contributed by atoms with Crippen molar-refractivity contribution in [3.8, 4) is 5.75 Å². The zero-order valence-electron chi connectivity index (χ0n) is 21.5. The normalized spacial score (nSPS) is 11.7. The summed E-state index contributed by atoms with van der Waals surface area (Å²) in [5, 5.41) is 3.60. The van der Waals surface area contributed by atoms with Crippen molar-refractivity contribution < 1.29 is 14.3 Å². The van der Waals surface area contributed by atoms with Crippen LogP contribution in [0.5, 0.6) is 5.75 Å². The summed E-state index contributed by atoms with van der Waals surface area (Å²) in [4.78, 5) is 28.7. The fraction of sp³-hybridized carbons (Fsp3) is 0.333. The van der Waals surface area contributed by atoms with E-state index in [1.54, 1.807) is 11.0 Å². The molecule has 3 aromatic carbocycles. The number of aryl methyl sites for hydroxylation is 2. The van der Waals surface area contributed by atoms with Gasteiger partial charge in [0, 0.05) is 24.5 Å². The van der Waals surface area contributed by atoms with E-state index >= 15 is 0 Å². The van der Waals surface area contributed by atoms with E-state index in [2.05, 4.69) is 5.32 Å². The highest BCUT2D eigenvalue weighted by atomic mass is 35.5. The first kappa shape index (κ1) is 27.3. The molecule has 0 aliphatic carbocycles. The van der Waals surface area contributed by atoms with Crippen molar-refractivity contribution in [2.45, 2.75) is 46.7 Å². The van der Waals surface area contributed by atoms with Crippen molar-refractivity contribution >= 4 is 23.4 Å². The van der Waals surface area contributed by atoms with E-state index < -0.39 is 6.04 Å². The van der Waals surface area contributed by atoms with E-state index in [-0.39, 0.29) is 30.9 Å². The molecular weight excluding hydrogens is 472 g/mol. The molecule has 0 aliphatic rings. The first-order valence-corrected chi connectivity index (χ1v) is 12.7. The minimum absolute atomic E-state index is 0.173. The summed E-state index contributed by atoms with van der Waals surface area (Å²) in [6.07, 6.45) is 0.389. The average Bonchev–Trinajstić information content (AvgIpc) is 2.85. The number of rotatable bonds is 11. The van der Waals surface area contributed by atoms with E-state index in [9.17, 15) is 9.59 Å². The van der Waals surface area contributed by atoms with Gasteiger partial charge in [-0.2, -0.15) is 0 Å². The molecule has 36 heavy (non-hydrogen) atoms. The van der Waals surface area contributed by atoms with Gasteiger partial charge >= 0.3 is 0 Å². The Bertz CT molecular complexity index is 1160. The number of ether oxygens (including phenoxy) is 1. The Kier molecular flexibility index (Phi) is 9.95. The first-order chi connectivity index (χ1) is 17.2. The van der Waals surface area contributed by atoms with Gasteiger partial charge < -0.3 is 15.0 Å². The molecular formula is C30H35ClN2O3. The Morgan fingerprint density at radius 3 is 2.36 bits per heavy atom. The van der Waals surface area contributed by atoms with E-state index in [1.165, 1.54) is 0 Å². The minimum Gasteiger partial charge on any atom is -0.483 e. The second-order valence-corrected chi connectivity index (χ2v) is 9.99. The number of hydrogen-bond acceptors (Lipinski definition) is 3. The van der Waals surface area contributed by atoms with Gasteiger partial charge in [0.2, 0.25) is 5.91 Å². The lowest BCUT2D eigenvalue weighted by Gasteiger charge is -2.32. The van der Waals surface area contributed by atoms with Gasteiger partial charge in [-0.3, -0.25) is 9.59 Å². The molecule has 0 spiro atoms. The molecule has 1 N–H and O–H groups in total. The van der Waals surface area contributed by atoms with Crippen molar-refractivity contribution in [3.63, 3.8) is 0 Å². The second-order valence-electron chi connectivity index (χ2n) is 9.55. The predicted octanol–water partition coefficient (Wildman–Crippen LogP) is 5.75. The zero-order valence-corrected chi connectivity index (χ0v) is 22.2. The van der Waals surface area contributed by atoms with Crippen LogP contribution in [0.2, 0.25) is 5.02 Å². The third-order valence-electron chi connectivity index (χ3n) is 5.89. The van der Waals surface area contributed by atoms with Gasteiger partial charge in [0.25, 0.3) is 5.91 Å². The van der Waals surface area contributed by atoms with E-state index in [4.69, 9.17) is 16.3 Å². The van der Waals surface area contributed by atoms with Crippen LogP contribution in [0.15, 0.2) is 72.8 Å². The van der Waals surface area contributed by atoms with Gasteiger partial charge in [0.15, 0.2) is 6.61 Å². The van der Waals surface area contributed by atoms with Crippen LogP contribution >= 0.6 is 11.6 Å². The van der Waals surface area contributed by atoms with Gasteiger partial charge in [-0.05, 0) is 60.2 Å². The molecule has 2 amide bonds. The van der Waals surface area contributed by atoms with Crippen LogP contribution in [0.3, 0.4) is 0 Å². The molecule has 0 fully saturated rings. The summed E-state index contributed by atoms with van der Waals surface area (Å²) in [6.45, 7) is 8.60. The summed E-state index contributed by atoms with van der Waals surface area (Å²) in [6, 6.07) is 22.3. The Morgan fingerprint density at radius 1 is 0.944 bits per heavy atom. The standard InChI is InChI=1S/C30H35ClN2O3/c1-21(2)18-32-30(35)27(17-24-9-6-5-7-10-24)33(19-25-11-8-12-26(31)16-25)29(34)20-36-28-15-22(3)13-14-23(28)4/h5-16,21,27H,17-20H2,1-4H3,(H,32,35)/t27-/m1/s1. The molecule has 0 aromatic heterocycles. The van der Waals surface area contributed by atoms with E-state index in [0.717, 1.165) is 22.3 Å². The summed E-state index contributed by atoms with van der Waals surface area (Å²) >= 11 is 6.23. The maximum Gasteiger partial charge on any atom is 0.261 e. The maximum absolute atomic E-state index is 13.7. The van der Waals surface area contributed by atoms with Gasteiger partial charge in [-0.1, -0.05) is 80.0 Å². The fourth-order valence-corrected chi connectivity index (χ4v) is 4.11. The number of carbonyl (C=O) groups is 2. The molecule has 0 saturated carbocycles. The monoisotopic (exact) mass is 506 g/mol. The lowest BCUT2D eigenvalue weighted by atomic mass is 10.0. The van der Waals surface area contributed by atoms with Crippen LogP contribution in [0.4, 0.5) is 0 Å². The number of amides is 2. The van der Waals surface area contributed by atoms with Crippen LogP contribution in [-0.4, -0.2) is 35.9 Å². The fourth-order valence-electron chi connectivity index (χ4n) is 3.89. The quantitative estimate of drug-likeness (QED) is 0.360. The Balaban J connectivity index is 1.92. The highest BCUT2D eigenvalue weighted by Gasteiger charge is 2.31. The lowest BCUT2D eigenvalue weighted by molar-refractivity contribution is -0.142. The van der Waals surface area contributed by atoms with Gasteiger partial charge in [0.1, 0.15) is 11.8 Å². The molecule has 1 atom stereocenters. The SMILES string of the molecule is Cc1ccc(C)c(OCC(=O)N(Cc2cccc(Cl)c2)[C@H](Cc2ccccc2)C(=O)NCC(C)C)c1. The maximum atomic E-state index is 13.7. The molecule has 3 aromatic rings. The van der Waals surface area contributed by atoms with Gasteiger partial charge in [-0.25, -0.2) is 0 Å². The molecule has 0 bridgehead atoms. The molecule has 0 radical (unpaired) electrons. The Hall–Kier alpha value is -3.31. The van der Waals surface area contributed by atoms with Crippen LogP contribution < -0.4 is 10.1 Å². The van der Waals surface area contributed by atoms with Crippen LogP contribution in [-0.2, 0) is 22.6 Å². The number of nitrogens with zero attached hydrogens (tertiary/aromatic N) is 1. The van der Waals surface area contributed by atoms with Crippen LogP contribution in [0.1, 0.15) is 36.1 Å².